The number of imidazole rings is 1. The van der Waals surface area contributed by atoms with Crippen LogP contribution in [0.1, 0.15) is 26.7 Å². The Hall–Kier alpha value is -2.35. The molecule has 1 aliphatic rings. The molecule has 164 valence electrons. The van der Waals surface area contributed by atoms with E-state index >= 15 is 0 Å². The lowest BCUT2D eigenvalue weighted by molar-refractivity contribution is -0.152. The molecule has 2 aromatic heterocycles. The first-order valence-corrected chi connectivity index (χ1v) is 10.9. The molecule has 2 N–H and O–H groups in total. The third-order valence-corrected chi connectivity index (χ3v) is 6.29. The van der Waals surface area contributed by atoms with Crippen molar-refractivity contribution in [3.63, 3.8) is 0 Å². The van der Waals surface area contributed by atoms with Gasteiger partial charge in [-0.25, -0.2) is 9.97 Å². The fraction of sp³-hybridized carbons (Fsp3) is 0.409. The van der Waals surface area contributed by atoms with Crippen LogP contribution < -0.4 is 4.90 Å². The molecule has 0 spiro atoms. The number of aliphatic carboxylic acids is 1. The Balaban J connectivity index is 1.38. The first-order valence-electron chi connectivity index (χ1n) is 10.1. The van der Waals surface area contributed by atoms with Crippen LogP contribution in [0.15, 0.2) is 30.5 Å². The molecule has 0 aliphatic carbocycles. The van der Waals surface area contributed by atoms with E-state index in [-0.39, 0.29) is 12.7 Å². The SMILES string of the molecule is CC(C)(COC1CCN(c2ccc(-c3nc4cc(Cl)c(Cl)cc4[nH]3)cn2)CC1)C(=O)O. The van der Waals surface area contributed by atoms with Gasteiger partial charge in [0.2, 0.25) is 0 Å². The van der Waals surface area contributed by atoms with Gasteiger partial charge in [0.25, 0.3) is 0 Å². The summed E-state index contributed by atoms with van der Waals surface area (Å²) in [5.41, 5.74) is 1.58. The average molecular weight is 463 g/mol. The van der Waals surface area contributed by atoms with Gasteiger partial charge in [-0.05, 0) is 51.0 Å². The van der Waals surface area contributed by atoms with Gasteiger partial charge in [-0.3, -0.25) is 4.79 Å². The van der Waals surface area contributed by atoms with E-state index in [2.05, 4.69) is 19.9 Å². The number of H-pyrrole nitrogens is 1. The molecule has 7 nitrogen and oxygen atoms in total. The zero-order valence-corrected chi connectivity index (χ0v) is 18.9. The minimum Gasteiger partial charge on any atom is -0.481 e. The van der Waals surface area contributed by atoms with Crippen LogP contribution in [0.5, 0.6) is 0 Å². The van der Waals surface area contributed by atoms with Crippen molar-refractivity contribution in [3.05, 3.63) is 40.5 Å². The minimum absolute atomic E-state index is 0.0725. The second-order valence-electron chi connectivity index (χ2n) is 8.46. The Morgan fingerprint density at radius 3 is 2.61 bits per heavy atom. The van der Waals surface area contributed by atoms with Crippen molar-refractivity contribution in [2.24, 2.45) is 5.41 Å². The number of ether oxygens (including phenoxy) is 1. The molecule has 0 bridgehead atoms. The molecule has 0 atom stereocenters. The third kappa shape index (κ3) is 4.79. The zero-order valence-electron chi connectivity index (χ0n) is 17.4. The number of anilines is 1. The van der Waals surface area contributed by atoms with E-state index in [1.165, 1.54) is 0 Å². The first kappa shape index (κ1) is 21.9. The number of hydrogen-bond acceptors (Lipinski definition) is 5. The van der Waals surface area contributed by atoms with Gasteiger partial charge >= 0.3 is 5.97 Å². The monoisotopic (exact) mass is 462 g/mol. The maximum Gasteiger partial charge on any atom is 0.311 e. The summed E-state index contributed by atoms with van der Waals surface area (Å²) < 4.78 is 5.86. The van der Waals surface area contributed by atoms with E-state index in [0.717, 1.165) is 48.3 Å². The summed E-state index contributed by atoms with van der Waals surface area (Å²) in [5, 5.41) is 10.2. The van der Waals surface area contributed by atoms with Crippen LogP contribution in [-0.2, 0) is 9.53 Å². The second-order valence-corrected chi connectivity index (χ2v) is 9.27. The molecule has 0 amide bonds. The maximum absolute atomic E-state index is 11.2. The van der Waals surface area contributed by atoms with E-state index in [1.54, 1.807) is 32.2 Å². The fourth-order valence-electron chi connectivity index (χ4n) is 3.49. The van der Waals surface area contributed by atoms with Crippen LogP contribution in [0.3, 0.4) is 0 Å². The van der Waals surface area contributed by atoms with Crippen LogP contribution in [0.4, 0.5) is 5.82 Å². The van der Waals surface area contributed by atoms with Gasteiger partial charge in [-0.2, -0.15) is 0 Å². The molecule has 1 fully saturated rings. The summed E-state index contributed by atoms with van der Waals surface area (Å²) >= 11 is 12.2. The van der Waals surface area contributed by atoms with E-state index in [0.29, 0.717) is 15.9 Å². The molecule has 0 unspecified atom stereocenters. The molecule has 4 rings (SSSR count). The number of piperidine rings is 1. The maximum atomic E-state index is 11.2. The largest absolute Gasteiger partial charge is 0.481 e. The third-order valence-electron chi connectivity index (χ3n) is 5.57. The molecule has 1 saturated heterocycles. The first-order chi connectivity index (χ1) is 14.7. The van der Waals surface area contributed by atoms with Crippen LogP contribution in [-0.4, -0.2) is 51.8 Å². The van der Waals surface area contributed by atoms with Gasteiger partial charge in [-0.1, -0.05) is 23.2 Å². The highest BCUT2D eigenvalue weighted by atomic mass is 35.5. The number of hydrogen-bond donors (Lipinski definition) is 2. The van der Waals surface area contributed by atoms with Crippen molar-refractivity contribution in [2.45, 2.75) is 32.8 Å². The van der Waals surface area contributed by atoms with Crippen molar-refractivity contribution in [2.75, 3.05) is 24.6 Å². The number of carboxylic acid groups (broad SMARTS) is 1. The topological polar surface area (TPSA) is 91.3 Å². The van der Waals surface area contributed by atoms with Crippen LogP contribution in [0.2, 0.25) is 10.0 Å². The van der Waals surface area contributed by atoms with Crippen LogP contribution in [0, 0.1) is 5.41 Å². The number of aromatic nitrogens is 3. The Kier molecular flexibility index (Phi) is 6.10. The number of carbonyl (C=O) groups is 1. The van der Waals surface area contributed by atoms with Gasteiger partial charge in [0, 0.05) is 24.8 Å². The van der Waals surface area contributed by atoms with Gasteiger partial charge in [0.15, 0.2) is 0 Å². The quantitative estimate of drug-likeness (QED) is 0.533. The number of halogens is 2. The van der Waals surface area contributed by atoms with Crippen LogP contribution in [0.25, 0.3) is 22.4 Å². The van der Waals surface area contributed by atoms with Gasteiger partial charge in [-0.15, -0.1) is 0 Å². The lowest BCUT2D eigenvalue weighted by atomic mass is 9.95. The minimum atomic E-state index is -0.873. The highest BCUT2D eigenvalue weighted by molar-refractivity contribution is 6.42. The zero-order chi connectivity index (χ0) is 22.2. The smallest absolute Gasteiger partial charge is 0.311 e. The number of pyridine rings is 1. The average Bonchev–Trinajstić information content (AvgIpc) is 3.16. The van der Waals surface area contributed by atoms with Crippen molar-refractivity contribution >= 4 is 46.0 Å². The second kappa shape index (κ2) is 8.65. The molecule has 0 radical (unpaired) electrons. The number of fused-ring (bicyclic) bond motifs is 1. The number of nitrogens with zero attached hydrogens (tertiary/aromatic N) is 3. The summed E-state index contributed by atoms with van der Waals surface area (Å²) in [6.07, 6.45) is 3.55. The Bertz CT molecular complexity index is 1050. The molecule has 3 aromatic rings. The number of benzene rings is 1. The van der Waals surface area contributed by atoms with E-state index in [9.17, 15) is 9.90 Å². The molecule has 1 aliphatic heterocycles. The predicted molar refractivity (Wildman–Crippen MR) is 122 cm³/mol. The van der Waals surface area contributed by atoms with Crippen molar-refractivity contribution in [1.29, 1.82) is 0 Å². The molecular formula is C22H24Cl2N4O3. The summed E-state index contributed by atoms with van der Waals surface area (Å²) in [5.74, 6) is 0.765. The standard InChI is InChI=1S/C22H24Cl2N4O3/c1-22(2,21(29)30)12-31-14-5-7-28(8-6-14)19-4-3-13(11-25-19)20-26-17-9-15(23)16(24)10-18(17)27-20/h3-4,9-11,14H,5-8,12H2,1-2H3,(H,26,27)(H,29,30). The Labute approximate surface area is 190 Å². The van der Waals surface area contributed by atoms with Crippen molar-refractivity contribution in [1.82, 2.24) is 15.0 Å². The molecular weight excluding hydrogens is 439 g/mol. The lowest BCUT2D eigenvalue weighted by Crippen LogP contribution is -2.39. The van der Waals surface area contributed by atoms with Gasteiger partial charge < -0.3 is 19.7 Å². The number of nitrogens with one attached hydrogen (secondary N) is 1. The molecule has 0 saturated carbocycles. The van der Waals surface area contributed by atoms with Crippen molar-refractivity contribution in [3.8, 4) is 11.4 Å². The van der Waals surface area contributed by atoms with E-state index in [4.69, 9.17) is 27.9 Å². The predicted octanol–water partition coefficient (Wildman–Crippen LogP) is 5.03. The lowest BCUT2D eigenvalue weighted by Gasteiger charge is -2.34. The number of carboxylic acids is 1. The highest BCUT2D eigenvalue weighted by Gasteiger charge is 2.30. The number of aromatic amines is 1. The highest BCUT2D eigenvalue weighted by Crippen LogP contribution is 2.29. The van der Waals surface area contributed by atoms with Gasteiger partial charge in [0.1, 0.15) is 11.6 Å². The summed E-state index contributed by atoms with van der Waals surface area (Å²) in [6.45, 7) is 5.20. The molecule has 9 heteroatoms. The van der Waals surface area contributed by atoms with E-state index in [1.807, 2.05) is 12.1 Å². The molecule has 3 heterocycles. The fourth-order valence-corrected chi connectivity index (χ4v) is 3.82. The summed E-state index contributed by atoms with van der Waals surface area (Å²) in [6, 6.07) is 7.48. The van der Waals surface area contributed by atoms with Gasteiger partial charge in [0.05, 0.1) is 39.2 Å². The Morgan fingerprint density at radius 1 is 1.26 bits per heavy atom. The Morgan fingerprint density at radius 2 is 1.97 bits per heavy atom. The van der Waals surface area contributed by atoms with Crippen LogP contribution >= 0.6 is 23.2 Å². The normalized spacial score (nSPS) is 15.5. The molecule has 31 heavy (non-hydrogen) atoms. The van der Waals surface area contributed by atoms with Crippen molar-refractivity contribution < 1.29 is 14.6 Å². The number of rotatable bonds is 6. The summed E-state index contributed by atoms with van der Waals surface area (Å²) in [7, 11) is 0. The van der Waals surface area contributed by atoms with E-state index < -0.39 is 11.4 Å². The summed E-state index contributed by atoms with van der Waals surface area (Å²) in [4.78, 5) is 25.9. The molecule has 1 aromatic carbocycles.